The van der Waals surface area contributed by atoms with Crippen LogP contribution >= 0.6 is 0 Å². The van der Waals surface area contributed by atoms with Gasteiger partial charge >= 0.3 is 0 Å². The number of aryl methyl sites for hydroxylation is 1. The van der Waals surface area contributed by atoms with E-state index in [0.29, 0.717) is 12.6 Å². The van der Waals surface area contributed by atoms with Gasteiger partial charge in [0.25, 0.3) is 0 Å². The Balaban J connectivity index is 2.25. The lowest BCUT2D eigenvalue weighted by Crippen LogP contribution is -2.31. The first kappa shape index (κ1) is 15.2. The zero-order valence-electron chi connectivity index (χ0n) is 12.9. The minimum Gasteiger partial charge on any atom is -0.376 e. The SMILES string of the molecule is CCc1nnc(N(C)CC2CCCO2)c(CN)c1CC. The number of nitrogens with zero attached hydrogens (tertiary/aromatic N) is 3. The minimum atomic E-state index is 0.309. The van der Waals surface area contributed by atoms with Crippen LogP contribution in [0, 0.1) is 0 Å². The van der Waals surface area contributed by atoms with E-state index in [-0.39, 0.29) is 0 Å². The number of rotatable bonds is 6. The lowest BCUT2D eigenvalue weighted by Gasteiger charge is -2.25. The third kappa shape index (κ3) is 3.10. The highest BCUT2D eigenvalue weighted by Crippen LogP contribution is 2.24. The molecule has 0 radical (unpaired) electrons. The number of hydrogen-bond acceptors (Lipinski definition) is 5. The molecule has 2 N–H and O–H groups in total. The zero-order valence-corrected chi connectivity index (χ0v) is 12.9. The predicted octanol–water partition coefficient (Wildman–Crippen LogP) is 1.68. The molecule has 1 unspecified atom stereocenters. The summed E-state index contributed by atoms with van der Waals surface area (Å²) in [5.41, 5.74) is 9.44. The van der Waals surface area contributed by atoms with Crippen LogP contribution in [0.4, 0.5) is 5.82 Å². The molecule has 0 amide bonds. The van der Waals surface area contributed by atoms with E-state index < -0.39 is 0 Å². The molecule has 0 spiro atoms. The molecular formula is C15H26N4O. The number of anilines is 1. The van der Waals surface area contributed by atoms with Gasteiger partial charge in [-0.15, -0.1) is 5.10 Å². The second-order valence-corrected chi connectivity index (χ2v) is 5.35. The summed E-state index contributed by atoms with van der Waals surface area (Å²) < 4.78 is 5.70. The van der Waals surface area contributed by atoms with Crippen molar-refractivity contribution >= 4 is 5.82 Å². The molecule has 2 rings (SSSR count). The molecule has 1 aliphatic heterocycles. The molecule has 20 heavy (non-hydrogen) atoms. The summed E-state index contributed by atoms with van der Waals surface area (Å²) in [6.07, 6.45) is 4.44. The van der Waals surface area contributed by atoms with Gasteiger partial charge in [0.1, 0.15) is 0 Å². The topological polar surface area (TPSA) is 64.3 Å². The molecule has 0 bridgehead atoms. The normalized spacial score (nSPS) is 18.5. The molecule has 1 fully saturated rings. The molecule has 2 heterocycles. The highest BCUT2D eigenvalue weighted by molar-refractivity contribution is 5.51. The summed E-state index contributed by atoms with van der Waals surface area (Å²) in [6.45, 7) is 6.51. The Labute approximate surface area is 121 Å². The molecule has 1 saturated heterocycles. The van der Waals surface area contributed by atoms with Crippen molar-refractivity contribution in [1.82, 2.24) is 10.2 Å². The summed E-state index contributed by atoms with van der Waals surface area (Å²) in [7, 11) is 2.05. The van der Waals surface area contributed by atoms with Gasteiger partial charge in [0.05, 0.1) is 11.8 Å². The van der Waals surface area contributed by atoms with E-state index in [2.05, 4.69) is 36.0 Å². The number of ether oxygens (including phenoxy) is 1. The fourth-order valence-corrected chi connectivity index (χ4v) is 2.94. The molecule has 0 saturated carbocycles. The van der Waals surface area contributed by atoms with Gasteiger partial charge in [0, 0.05) is 32.3 Å². The Morgan fingerprint density at radius 3 is 2.60 bits per heavy atom. The summed E-state index contributed by atoms with van der Waals surface area (Å²) in [5.74, 6) is 0.914. The Morgan fingerprint density at radius 2 is 2.05 bits per heavy atom. The highest BCUT2D eigenvalue weighted by atomic mass is 16.5. The van der Waals surface area contributed by atoms with Crippen molar-refractivity contribution in [3.05, 3.63) is 16.8 Å². The first-order valence-corrected chi connectivity index (χ1v) is 7.61. The van der Waals surface area contributed by atoms with Gasteiger partial charge in [0.2, 0.25) is 0 Å². The van der Waals surface area contributed by atoms with Gasteiger partial charge in [-0.05, 0) is 31.2 Å². The van der Waals surface area contributed by atoms with Crippen molar-refractivity contribution in [1.29, 1.82) is 0 Å². The van der Waals surface area contributed by atoms with Crippen molar-refractivity contribution in [2.75, 3.05) is 25.1 Å². The molecule has 1 atom stereocenters. The van der Waals surface area contributed by atoms with Crippen LogP contribution in [0.5, 0.6) is 0 Å². The third-order valence-corrected chi connectivity index (χ3v) is 4.00. The lowest BCUT2D eigenvalue weighted by atomic mass is 10.0. The lowest BCUT2D eigenvalue weighted by molar-refractivity contribution is 0.116. The average Bonchev–Trinajstić information content (AvgIpc) is 2.98. The largest absolute Gasteiger partial charge is 0.376 e. The van der Waals surface area contributed by atoms with Gasteiger partial charge in [-0.1, -0.05) is 13.8 Å². The fraction of sp³-hybridized carbons (Fsp3) is 0.733. The second kappa shape index (κ2) is 6.99. The van der Waals surface area contributed by atoms with Crippen LogP contribution in [0.15, 0.2) is 0 Å². The maximum Gasteiger partial charge on any atom is 0.155 e. The summed E-state index contributed by atoms with van der Waals surface area (Å²) in [6, 6.07) is 0. The van der Waals surface area contributed by atoms with E-state index >= 15 is 0 Å². The van der Waals surface area contributed by atoms with Crippen molar-refractivity contribution in [2.24, 2.45) is 5.73 Å². The monoisotopic (exact) mass is 278 g/mol. The Hall–Kier alpha value is -1.20. The molecule has 1 aromatic rings. The fourth-order valence-electron chi connectivity index (χ4n) is 2.94. The summed E-state index contributed by atoms with van der Waals surface area (Å²) in [4.78, 5) is 2.14. The maximum atomic E-state index is 5.97. The van der Waals surface area contributed by atoms with Crippen LogP contribution < -0.4 is 10.6 Å². The Bertz CT molecular complexity index is 444. The van der Waals surface area contributed by atoms with Crippen LogP contribution in [0.3, 0.4) is 0 Å². The summed E-state index contributed by atoms with van der Waals surface area (Å²) >= 11 is 0. The van der Waals surface area contributed by atoms with E-state index in [1.807, 2.05) is 0 Å². The smallest absolute Gasteiger partial charge is 0.155 e. The molecule has 1 aliphatic rings. The first-order valence-electron chi connectivity index (χ1n) is 7.61. The number of aromatic nitrogens is 2. The summed E-state index contributed by atoms with van der Waals surface area (Å²) in [5, 5.41) is 8.80. The van der Waals surface area contributed by atoms with Gasteiger partial charge in [-0.2, -0.15) is 5.10 Å². The van der Waals surface area contributed by atoms with E-state index in [0.717, 1.165) is 55.9 Å². The molecule has 5 nitrogen and oxygen atoms in total. The zero-order chi connectivity index (χ0) is 14.5. The van der Waals surface area contributed by atoms with Gasteiger partial charge in [-0.25, -0.2) is 0 Å². The van der Waals surface area contributed by atoms with Crippen LogP contribution in [0.25, 0.3) is 0 Å². The molecule has 0 aliphatic carbocycles. The van der Waals surface area contributed by atoms with Crippen LogP contribution in [-0.4, -0.2) is 36.5 Å². The second-order valence-electron chi connectivity index (χ2n) is 5.35. The molecular weight excluding hydrogens is 252 g/mol. The maximum absolute atomic E-state index is 5.97. The third-order valence-electron chi connectivity index (χ3n) is 4.00. The molecule has 0 aromatic carbocycles. The number of nitrogens with two attached hydrogens (primary N) is 1. The van der Waals surface area contributed by atoms with E-state index in [1.54, 1.807) is 0 Å². The van der Waals surface area contributed by atoms with Crippen LogP contribution in [0.1, 0.15) is 43.5 Å². The predicted molar refractivity (Wildman–Crippen MR) is 80.9 cm³/mol. The van der Waals surface area contributed by atoms with Crippen molar-refractivity contribution < 1.29 is 4.74 Å². The number of likely N-dealkylation sites (N-methyl/N-ethyl adjacent to an activating group) is 1. The highest BCUT2D eigenvalue weighted by Gasteiger charge is 2.21. The molecule has 1 aromatic heterocycles. The molecule has 112 valence electrons. The first-order chi connectivity index (χ1) is 9.71. The van der Waals surface area contributed by atoms with Crippen LogP contribution in [0.2, 0.25) is 0 Å². The van der Waals surface area contributed by atoms with Crippen molar-refractivity contribution in [2.45, 2.75) is 52.2 Å². The van der Waals surface area contributed by atoms with E-state index in [1.165, 1.54) is 5.56 Å². The van der Waals surface area contributed by atoms with Crippen LogP contribution in [-0.2, 0) is 24.1 Å². The Kier molecular flexibility index (Phi) is 5.31. The van der Waals surface area contributed by atoms with E-state index in [4.69, 9.17) is 10.5 Å². The Morgan fingerprint density at radius 1 is 1.25 bits per heavy atom. The van der Waals surface area contributed by atoms with Gasteiger partial charge in [0.15, 0.2) is 5.82 Å². The quantitative estimate of drug-likeness (QED) is 0.857. The van der Waals surface area contributed by atoms with Gasteiger partial charge < -0.3 is 15.4 Å². The number of hydrogen-bond donors (Lipinski definition) is 1. The average molecular weight is 278 g/mol. The molecule has 5 heteroatoms. The van der Waals surface area contributed by atoms with Crippen molar-refractivity contribution in [3.63, 3.8) is 0 Å². The van der Waals surface area contributed by atoms with E-state index in [9.17, 15) is 0 Å². The van der Waals surface area contributed by atoms with Crippen molar-refractivity contribution in [3.8, 4) is 0 Å². The standard InChI is InChI=1S/C15H26N4O/c1-4-12-13(9-16)15(18-17-14(12)5-2)19(3)10-11-7-6-8-20-11/h11H,4-10,16H2,1-3H3. The van der Waals surface area contributed by atoms with Gasteiger partial charge in [-0.3, -0.25) is 0 Å². The minimum absolute atomic E-state index is 0.309.